The molecular formula is C34H43N3O2. The summed E-state index contributed by atoms with van der Waals surface area (Å²) in [5, 5.41) is 18.2. The summed E-state index contributed by atoms with van der Waals surface area (Å²) in [5.41, 5.74) is 1.65. The zero-order valence-corrected chi connectivity index (χ0v) is 23.1. The molecular weight excluding hydrogens is 482 g/mol. The summed E-state index contributed by atoms with van der Waals surface area (Å²) in [4.78, 5) is 15.7. The maximum absolute atomic E-state index is 13.0. The van der Waals surface area contributed by atoms with Gasteiger partial charge in [0.1, 0.15) is 5.60 Å². The molecule has 2 atom stereocenters. The molecule has 1 aliphatic carbocycles. The fraction of sp³-hybridized carbons (Fsp3) is 0.441. The summed E-state index contributed by atoms with van der Waals surface area (Å²) < 4.78 is 0. The van der Waals surface area contributed by atoms with Crippen molar-refractivity contribution in [1.82, 2.24) is 15.5 Å². The van der Waals surface area contributed by atoms with Gasteiger partial charge in [-0.2, -0.15) is 0 Å². The maximum atomic E-state index is 13.0. The number of amides is 2. The van der Waals surface area contributed by atoms with Gasteiger partial charge in [-0.1, -0.05) is 91.0 Å². The number of likely N-dealkylation sites (tertiary alicyclic amines) is 1. The second-order valence-corrected chi connectivity index (χ2v) is 11.4. The molecule has 2 amide bonds. The minimum Gasteiger partial charge on any atom is -0.378 e. The number of benzene rings is 3. The Hall–Kier alpha value is -3.15. The maximum Gasteiger partial charge on any atom is 0.315 e. The van der Waals surface area contributed by atoms with Crippen molar-refractivity contribution in [3.8, 4) is 0 Å². The predicted molar refractivity (Wildman–Crippen MR) is 157 cm³/mol. The second-order valence-electron chi connectivity index (χ2n) is 11.4. The van der Waals surface area contributed by atoms with Crippen LogP contribution in [0.1, 0.15) is 74.6 Å². The molecule has 0 aromatic heterocycles. The van der Waals surface area contributed by atoms with E-state index in [1.807, 2.05) is 67.6 Å². The molecule has 3 aromatic carbocycles. The monoisotopic (exact) mass is 525 g/mol. The lowest BCUT2D eigenvalue weighted by atomic mass is 9.81. The lowest BCUT2D eigenvalue weighted by Crippen LogP contribution is -2.54. The van der Waals surface area contributed by atoms with Crippen LogP contribution in [0.25, 0.3) is 0 Å². The molecule has 1 saturated carbocycles. The molecule has 206 valence electrons. The Kier molecular flexibility index (Phi) is 9.00. The quantitative estimate of drug-likeness (QED) is 0.303. The van der Waals surface area contributed by atoms with E-state index in [-0.39, 0.29) is 12.1 Å². The van der Waals surface area contributed by atoms with Crippen LogP contribution in [-0.2, 0) is 5.60 Å². The average Bonchev–Trinajstić information content (AvgIpc) is 3.46. The molecule has 0 radical (unpaired) electrons. The fourth-order valence-electron chi connectivity index (χ4n) is 6.67. The topological polar surface area (TPSA) is 64.6 Å². The van der Waals surface area contributed by atoms with Gasteiger partial charge >= 0.3 is 6.03 Å². The Morgan fingerprint density at radius 2 is 1.44 bits per heavy atom. The van der Waals surface area contributed by atoms with E-state index < -0.39 is 11.6 Å². The van der Waals surface area contributed by atoms with Crippen molar-refractivity contribution in [1.29, 1.82) is 0 Å². The van der Waals surface area contributed by atoms with Crippen molar-refractivity contribution in [3.63, 3.8) is 0 Å². The smallest absolute Gasteiger partial charge is 0.315 e. The first-order valence-electron chi connectivity index (χ1n) is 14.7. The summed E-state index contributed by atoms with van der Waals surface area (Å²) in [5.74, 6) is 0.725. The highest BCUT2D eigenvalue weighted by molar-refractivity contribution is 5.75. The Bertz CT molecular complexity index is 1120. The summed E-state index contributed by atoms with van der Waals surface area (Å²) in [7, 11) is 0. The van der Waals surface area contributed by atoms with Crippen molar-refractivity contribution in [2.75, 3.05) is 13.1 Å². The predicted octanol–water partition coefficient (Wildman–Crippen LogP) is 6.40. The number of carbonyl (C=O) groups is 1. The van der Waals surface area contributed by atoms with E-state index in [2.05, 4.69) is 45.9 Å². The summed E-state index contributed by atoms with van der Waals surface area (Å²) >= 11 is 0. The molecule has 2 unspecified atom stereocenters. The van der Waals surface area contributed by atoms with E-state index in [4.69, 9.17) is 0 Å². The highest BCUT2D eigenvalue weighted by Crippen LogP contribution is 2.35. The van der Waals surface area contributed by atoms with Crippen LogP contribution in [0, 0.1) is 5.92 Å². The highest BCUT2D eigenvalue weighted by atomic mass is 16.3. The molecule has 2 fully saturated rings. The molecule has 39 heavy (non-hydrogen) atoms. The van der Waals surface area contributed by atoms with Gasteiger partial charge in [-0.05, 0) is 87.6 Å². The third kappa shape index (κ3) is 6.54. The number of nitrogens with zero attached hydrogens (tertiary/aromatic N) is 1. The minimum absolute atomic E-state index is 0.179. The van der Waals surface area contributed by atoms with Crippen molar-refractivity contribution in [2.45, 2.75) is 75.6 Å². The zero-order chi connectivity index (χ0) is 27.1. The van der Waals surface area contributed by atoms with Gasteiger partial charge < -0.3 is 15.7 Å². The molecule has 1 saturated heterocycles. The van der Waals surface area contributed by atoms with Gasteiger partial charge in [0.2, 0.25) is 0 Å². The molecule has 5 rings (SSSR count). The highest BCUT2D eigenvalue weighted by Gasteiger charge is 2.39. The standard InChI is InChI=1S/C34H43N3O2/c1-26(34(39,29-14-7-3-8-15-29)30-16-9-4-10-17-30)35-33(38)36-31-21-19-27(20-22-31)23-25-37-24-11-18-32(37)28-12-5-2-6-13-28/h2-10,12-17,26-27,31-32,39H,11,18-25H2,1H3,(H2,35,36,38). The van der Waals surface area contributed by atoms with Crippen LogP contribution in [0.3, 0.4) is 0 Å². The van der Waals surface area contributed by atoms with Crippen molar-refractivity contribution >= 4 is 6.03 Å². The number of aliphatic hydroxyl groups is 1. The van der Waals surface area contributed by atoms with Crippen LogP contribution in [0.2, 0.25) is 0 Å². The lowest BCUT2D eigenvalue weighted by Gasteiger charge is -2.36. The van der Waals surface area contributed by atoms with Crippen LogP contribution >= 0.6 is 0 Å². The first kappa shape index (κ1) is 27.4. The summed E-state index contributed by atoms with van der Waals surface area (Å²) in [6.45, 7) is 4.24. The van der Waals surface area contributed by atoms with Gasteiger partial charge in [-0.15, -0.1) is 0 Å². The van der Waals surface area contributed by atoms with Gasteiger partial charge in [0.05, 0.1) is 6.04 Å². The van der Waals surface area contributed by atoms with E-state index in [1.54, 1.807) is 0 Å². The minimum atomic E-state index is -1.33. The molecule has 0 bridgehead atoms. The molecule has 5 heteroatoms. The first-order valence-corrected chi connectivity index (χ1v) is 14.7. The molecule has 2 aliphatic rings. The molecule has 1 aliphatic heterocycles. The van der Waals surface area contributed by atoms with Crippen molar-refractivity contribution < 1.29 is 9.90 Å². The largest absolute Gasteiger partial charge is 0.378 e. The number of urea groups is 1. The van der Waals surface area contributed by atoms with E-state index in [0.717, 1.165) is 49.3 Å². The number of carbonyl (C=O) groups excluding carboxylic acids is 1. The number of nitrogens with one attached hydrogen (secondary N) is 2. The SMILES string of the molecule is CC(NC(=O)NC1CCC(CCN2CCCC2c2ccccc2)CC1)C(O)(c1ccccc1)c1ccccc1. The van der Waals surface area contributed by atoms with Crippen LogP contribution in [-0.4, -0.2) is 41.2 Å². The van der Waals surface area contributed by atoms with Gasteiger partial charge in [-0.3, -0.25) is 4.90 Å². The zero-order valence-electron chi connectivity index (χ0n) is 23.1. The van der Waals surface area contributed by atoms with Gasteiger partial charge in [0.15, 0.2) is 0 Å². The first-order chi connectivity index (χ1) is 19.0. The summed E-state index contributed by atoms with van der Waals surface area (Å²) in [6.07, 6.45) is 8.11. The van der Waals surface area contributed by atoms with E-state index in [0.29, 0.717) is 6.04 Å². The fourth-order valence-corrected chi connectivity index (χ4v) is 6.67. The molecule has 3 N–H and O–H groups in total. The average molecular weight is 526 g/mol. The number of rotatable bonds is 9. The van der Waals surface area contributed by atoms with Gasteiger partial charge in [-0.25, -0.2) is 4.79 Å². The number of hydrogen-bond donors (Lipinski definition) is 3. The Morgan fingerprint density at radius 1 is 0.872 bits per heavy atom. The molecule has 0 spiro atoms. The number of hydrogen-bond acceptors (Lipinski definition) is 3. The van der Waals surface area contributed by atoms with E-state index in [1.165, 1.54) is 31.4 Å². The van der Waals surface area contributed by atoms with Crippen molar-refractivity contribution in [2.24, 2.45) is 5.92 Å². The molecule has 3 aromatic rings. The lowest BCUT2D eigenvalue weighted by molar-refractivity contribution is 0.0470. The van der Waals surface area contributed by atoms with Gasteiger partial charge in [0, 0.05) is 12.1 Å². The van der Waals surface area contributed by atoms with E-state index >= 15 is 0 Å². The normalized spacial score (nSPS) is 22.8. The van der Waals surface area contributed by atoms with Crippen LogP contribution in [0.4, 0.5) is 4.79 Å². The third-order valence-corrected chi connectivity index (χ3v) is 8.96. The molecule has 5 nitrogen and oxygen atoms in total. The summed E-state index contributed by atoms with van der Waals surface area (Å²) in [6, 6.07) is 30.1. The van der Waals surface area contributed by atoms with Crippen LogP contribution < -0.4 is 10.6 Å². The van der Waals surface area contributed by atoms with Crippen molar-refractivity contribution in [3.05, 3.63) is 108 Å². The Labute approximate surface area is 233 Å². The van der Waals surface area contributed by atoms with Gasteiger partial charge in [0.25, 0.3) is 0 Å². The Balaban J connectivity index is 1.11. The second kappa shape index (κ2) is 12.8. The Morgan fingerprint density at radius 3 is 2.03 bits per heavy atom. The third-order valence-electron chi connectivity index (χ3n) is 8.96. The van der Waals surface area contributed by atoms with E-state index in [9.17, 15) is 9.90 Å². The van der Waals surface area contributed by atoms with Crippen LogP contribution in [0.15, 0.2) is 91.0 Å². The molecule has 1 heterocycles. The van der Waals surface area contributed by atoms with Crippen LogP contribution in [0.5, 0.6) is 0 Å².